The van der Waals surface area contributed by atoms with E-state index in [0.29, 0.717) is 39.6 Å². The molecule has 1 aromatic heterocycles. The topological polar surface area (TPSA) is 63.8 Å². The van der Waals surface area contributed by atoms with Gasteiger partial charge in [-0.3, -0.25) is 0 Å². The molecule has 0 fully saturated rings. The highest BCUT2D eigenvalue weighted by Gasteiger charge is 2.07. The number of aromatic nitrogens is 2. The van der Waals surface area contributed by atoms with Gasteiger partial charge in [-0.1, -0.05) is 30.1 Å². The summed E-state index contributed by atoms with van der Waals surface area (Å²) in [6.45, 7) is 3.87. The van der Waals surface area contributed by atoms with E-state index >= 15 is 0 Å². The van der Waals surface area contributed by atoms with E-state index < -0.39 is 0 Å². The number of nitrogen functional groups attached to an aromatic ring is 1. The summed E-state index contributed by atoms with van der Waals surface area (Å²) in [5.41, 5.74) is 7.35. The van der Waals surface area contributed by atoms with E-state index in [1.807, 2.05) is 13.8 Å². The van der Waals surface area contributed by atoms with Crippen molar-refractivity contribution in [1.29, 1.82) is 0 Å². The van der Waals surface area contributed by atoms with Crippen LogP contribution in [0.25, 0.3) is 0 Å². The molecular weight excluding hydrogens is 283 g/mol. The molecule has 1 heterocycles. The summed E-state index contributed by atoms with van der Waals surface area (Å²) in [6.07, 6.45) is 0.710. The number of nitrogens with one attached hydrogen (secondary N) is 1. The third-order valence-corrected chi connectivity index (χ3v) is 3.34. The number of rotatable bonds is 3. The first-order valence-corrected chi connectivity index (χ1v) is 6.61. The van der Waals surface area contributed by atoms with E-state index in [1.54, 1.807) is 18.2 Å². The van der Waals surface area contributed by atoms with E-state index in [2.05, 4.69) is 15.3 Å². The Bertz CT molecular complexity index is 614. The number of nitrogens with two attached hydrogens (primary N) is 1. The zero-order chi connectivity index (χ0) is 14.0. The van der Waals surface area contributed by atoms with Crippen molar-refractivity contribution in [3.05, 3.63) is 39.6 Å². The van der Waals surface area contributed by atoms with Crippen LogP contribution in [0.4, 0.5) is 17.3 Å². The molecule has 0 amide bonds. The van der Waals surface area contributed by atoms with Crippen LogP contribution in [0.1, 0.15) is 18.3 Å². The van der Waals surface area contributed by atoms with E-state index in [1.165, 1.54) is 0 Å². The number of aryl methyl sites for hydroxylation is 2. The Balaban J connectivity index is 2.36. The molecule has 6 heteroatoms. The third kappa shape index (κ3) is 3.28. The van der Waals surface area contributed by atoms with Crippen LogP contribution in [-0.2, 0) is 6.42 Å². The Kier molecular flexibility index (Phi) is 4.12. The zero-order valence-electron chi connectivity index (χ0n) is 10.7. The Morgan fingerprint density at radius 3 is 2.58 bits per heavy atom. The lowest BCUT2D eigenvalue weighted by molar-refractivity contribution is 0.948. The van der Waals surface area contributed by atoms with Crippen molar-refractivity contribution in [2.45, 2.75) is 20.3 Å². The van der Waals surface area contributed by atoms with Crippen molar-refractivity contribution in [3.8, 4) is 0 Å². The number of benzene rings is 1. The first kappa shape index (κ1) is 13.9. The highest BCUT2D eigenvalue weighted by molar-refractivity contribution is 6.35. The fraction of sp³-hybridized carbons (Fsp3) is 0.231. The quantitative estimate of drug-likeness (QED) is 0.899. The SMILES string of the molecule is CCc1nc(N)cc(Nc2cc(Cl)c(C)cc2Cl)n1. The molecule has 3 N–H and O–H groups in total. The second-order valence-corrected chi connectivity index (χ2v) is 4.97. The molecule has 0 saturated heterocycles. The predicted molar refractivity (Wildman–Crippen MR) is 80.3 cm³/mol. The molecule has 1 aromatic carbocycles. The van der Waals surface area contributed by atoms with Gasteiger partial charge < -0.3 is 11.1 Å². The van der Waals surface area contributed by atoms with Crippen molar-refractivity contribution in [3.63, 3.8) is 0 Å². The fourth-order valence-corrected chi connectivity index (χ4v) is 2.05. The number of halogens is 2. The summed E-state index contributed by atoms with van der Waals surface area (Å²) in [5, 5.41) is 4.33. The zero-order valence-corrected chi connectivity index (χ0v) is 12.2. The molecule has 0 radical (unpaired) electrons. The van der Waals surface area contributed by atoms with Gasteiger partial charge in [0, 0.05) is 17.5 Å². The van der Waals surface area contributed by atoms with Gasteiger partial charge >= 0.3 is 0 Å². The van der Waals surface area contributed by atoms with Crippen molar-refractivity contribution >= 4 is 40.5 Å². The minimum Gasteiger partial charge on any atom is -0.384 e. The second kappa shape index (κ2) is 5.63. The standard InChI is InChI=1S/C13H14Cl2N4/c1-3-12-18-11(16)6-13(19-12)17-10-5-8(14)7(2)4-9(10)15/h4-6H,3H2,1-2H3,(H3,16,17,18,19). The summed E-state index contributed by atoms with van der Waals surface area (Å²) in [5.74, 6) is 1.70. The first-order valence-electron chi connectivity index (χ1n) is 5.85. The van der Waals surface area contributed by atoms with Gasteiger partial charge in [0.2, 0.25) is 0 Å². The monoisotopic (exact) mass is 296 g/mol. The molecule has 100 valence electrons. The van der Waals surface area contributed by atoms with E-state index in [0.717, 1.165) is 5.56 Å². The summed E-state index contributed by atoms with van der Waals surface area (Å²) in [7, 11) is 0. The fourth-order valence-electron chi connectivity index (χ4n) is 1.62. The molecule has 0 aliphatic carbocycles. The van der Waals surface area contributed by atoms with Crippen molar-refractivity contribution in [2.24, 2.45) is 0 Å². The number of hydrogen-bond donors (Lipinski definition) is 2. The normalized spacial score (nSPS) is 10.5. The van der Waals surface area contributed by atoms with Crippen LogP contribution in [0.3, 0.4) is 0 Å². The molecule has 19 heavy (non-hydrogen) atoms. The Labute approximate surface area is 122 Å². The summed E-state index contributed by atoms with van der Waals surface area (Å²) < 4.78 is 0. The van der Waals surface area contributed by atoms with Crippen LogP contribution < -0.4 is 11.1 Å². The molecule has 0 bridgehead atoms. The van der Waals surface area contributed by atoms with Crippen LogP contribution in [0, 0.1) is 6.92 Å². The average molecular weight is 297 g/mol. The maximum absolute atomic E-state index is 6.17. The lowest BCUT2D eigenvalue weighted by atomic mass is 10.2. The van der Waals surface area contributed by atoms with Gasteiger partial charge in [-0.15, -0.1) is 0 Å². The predicted octanol–water partition coefficient (Wildman–Crippen LogP) is 3.98. The Hall–Kier alpha value is -1.52. The summed E-state index contributed by atoms with van der Waals surface area (Å²) in [6, 6.07) is 5.23. The van der Waals surface area contributed by atoms with Crippen LogP contribution in [0.15, 0.2) is 18.2 Å². The smallest absolute Gasteiger partial charge is 0.136 e. The minimum atomic E-state index is 0.420. The van der Waals surface area contributed by atoms with Crippen molar-refractivity contribution in [2.75, 3.05) is 11.1 Å². The van der Waals surface area contributed by atoms with Crippen LogP contribution in [0.5, 0.6) is 0 Å². The van der Waals surface area contributed by atoms with Crippen molar-refractivity contribution in [1.82, 2.24) is 9.97 Å². The molecule has 4 nitrogen and oxygen atoms in total. The summed E-state index contributed by atoms with van der Waals surface area (Å²) >= 11 is 12.3. The van der Waals surface area contributed by atoms with Gasteiger partial charge in [0.25, 0.3) is 0 Å². The van der Waals surface area contributed by atoms with Gasteiger partial charge in [-0.25, -0.2) is 9.97 Å². The van der Waals surface area contributed by atoms with Gasteiger partial charge in [-0.05, 0) is 24.6 Å². The lowest BCUT2D eigenvalue weighted by Crippen LogP contribution is -2.03. The molecule has 0 saturated carbocycles. The van der Waals surface area contributed by atoms with Gasteiger partial charge in [0.15, 0.2) is 0 Å². The highest BCUT2D eigenvalue weighted by atomic mass is 35.5. The lowest BCUT2D eigenvalue weighted by Gasteiger charge is -2.11. The maximum atomic E-state index is 6.17. The number of nitrogens with zero attached hydrogens (tertiary/aromatic N) is 2. The second-order valence-electron chi connectivity index (χ2n) is 4.15. The molecule has 0 aliphatic rings. The van der Waals surface area contributed by atoms with E-state index in [4.69, 9.17) is 28.9 Å². The molecule has 0 aliphatic heterocycles. The number of hydrogen-bond acceptors (Lipinski definition) is 4. The molecular formula is C13H14Cl2N4. The first-order chi connectivity index (χ1) is 8.99. The molecule has 0 atom stereocenters. The minimum absolute atomic E-state index is 0.420. The average Bonchev–Trinajstić information content (AvgIpc) is 2.35. The molecule has 2 rings (SSSR count). The molecule has 0 unspecified atom stereocenters. The van der Waals surface area contributed by atoms with Gasteiger partial charge in [0.05, 0.1) is 10.7 Å². The Morgan fingerprint density at radius 2 is 1.89 bits per heavy atom. The van der Waals surface area contributed by atoms with Gasteiger partial charge in [-0.2, -0.15) is 0 Å². The Morgan fingerprint density at radius 1 is 1.16 bits per heavy atom. The van der Waals surface area contributed by atoms with Crippen LogP contribution in [-0.4, -0.2) is 9.97 Å². The highest BCUT2D eigenvalue weighted by Crippen LogP contribution is 2.30. The van der Waals surface area contributed by atoms with Gasteiger partial charge in [0.1, 0.15) is 17.5 Å². The third-order valence-electron chi connectivity index (χ3n) is 2.62. The largest absolute Gasteiger partial charge is 0.384 e. The maximum Gasteiger partial charge on any atom is 0.136 e. The van der Waals surface area contributed by atoms with Crippen LogP contribution in [0.2, 0.25) is 10.0 Å². The van der Waals surface area contributed by atoms with Crippen molar-refractivity contribution < 1.29 is 0 Å². The number of anilines is 3. The van der Waals surface area contributed by atoms with Crippen LogP contribution >= 0.6 is 23.2 Å². The molecule has 0 spiro atoms. The molecule has 2 aromatic rings. The van der Waals surface area contributed by atoms with E-state index in [-0.39, 0.29) is 0 Å². The summed E-state index contributed by atoms with van der Waals surface area (Å²) in [4.78, 5) is 8.45. The van der Waals surface area contributed by atoms with E-state index in [9.17, 15) is 0 Å².